The third-order valence-corrected chi connectivity index (χ3v) is 7.40. The summed E-state index contributed by atoms with van der Waals surface area (Å²) in [7, 11) is 0. The lowest BCUT2D eigenvalue weighted by molar-refractivity contribution is -0.133. The van der Waals surface area contributed by atoms with Gasteiger partial charge in [0.2, 0.25) is 11.8 Å². The number of aromatic nitrogens is 2. The highest BCUT2D eigenvalue weighted by Crippen LogP contribution is 2.22. The lowest BCUT2D eigenvalue weighted by Gasteiger charge is -2.26. The molecule has 0 saturated heterocycles. The summed E-state index contributed by atoms with van der Waals surface area (Å²) in [5.74, 6) is -2.11. The van der Waals surface area contributed by atoms with Crippen molar-refractivity contribution in [2.45, 2.75) is 71.3 Å². The van der Waals surface area contributed by atoms with Crippen LogP contribution in [0.2, 0.25) is 0 Å². The maximum absolute atomic E-state index is 13.1. The molecule has 2 aromatic rings. The van der Waals surface area contributed by atoms with Crippen molar-refractivity contribution in [3.63, 3.8) is 0 Å². The summed E-state index contributed by atoms with van der Waals surface area (Å²) in [5.41, 5.74) is 0.300. The Kier molecular flexibility index (Phi) is 8.56. The van der Waals surface area contributed by atoms with Crippen LogP contribution in [0.15, 0.2) is 10.8 Å². The molecule has 3 rings (SSSR count). The van der Waals surface area contributed by atoms with Gasteiger partial charge in [0.25, 0.3) is 11.8 Å². The number of rotatable bonds is 3. The van der Waals surface area contributed by atoms with Crippen LogP contribution in [0.25, 0.3) is 0 Å². The molecule has 2 aromatic heterocycles. The first-order chi connectivity index (χ1) is 16.5. The Morgan fingerprint density at radius 2 is 1.34 bits per heavy atom. The second kappa shape index (κ2) is 11.2. The highest BCUT2D eigenvalue weighted by atomic mass is 32.1. The lowest BCUT2D eigenvalue weighted by Crippen LogP contribution is -2.57. The number of aliphatic hydroxyl groups excluding tert-OH is 1. The number of amides is 4. The van der Waals surface area contributed by atoms with Crippen molar-refractivity contribution >= 4 is 46.3 Å². The van der Waals surface area contributed by atoms with Gasteiger partial charge in [0.05, 0.1) is 18.2 Å². The molecule has 0 aromatic carbocycles. The molecule has 1 aliphatic heterocycles. The summed E-state index contributed by atoms with van der Waals surface area (Å²) < 4.78 is 0. The van der Waals surface area contributed by atoms with Crippen LogP contribution in [0.4, 0.5) is 0 Å². The average molecular weight is 523 g/mol. The smallest absolute Gasteiger partial charge is 0.271 e. The maximum Gasteiger partial charge on any atom is 0.271 e. The summed E-state index contributed by atoms with van der Waals surface area (Å²) in [5, 5.41) is 25.2. The standard InChI is InChI=1S/C22H30N6O5S2/c1-9(2)6-13-17(30)28-16(12(5)29)20(33)24-11(4)22-26-14(7-34-22)18(31)23-10(3)21-27-15(8-35-21)19(32)25-13/h7-13,16,29H,6H2,1-5H3,(H,23,31)(H,24,33)(H,25,32)(H,28,30)/t10-,11-,12-,13+,16+/m1/s1. The van der Waals surface area contributed by atoms with E-state index < -0.39 is 53.9 Å². The van der Waals surface area contributed by atoms with Crippen LogP contribution in [0.5, 0.6) is 0 Å². The van der Waals surface area contributed by atoms with Gasteiger partial charge in [-0.15, -0.1) is 22.7 Å². The molecule has 3 heterocycles. The van der Waals surface area contributed by atoms with Gasteiger partial charge in [0.15, 0.2) is 0 Å². The molecule has 5 atom stereocenters. The molecule has 4 amide bonds. The van der Waals surface area contributed by atoms with Crippen LogP contribution in [-0.4, -0.2) is 56.9 Å². The second-order valence-electron chi connectivity index (χ2n) is 8.95. The van der Waals surface area contributed by atoms with E-state index in [4.69, 9.17) is 0 Å². The van der Waals surface area contributed by atoms with Crippen molar-refractivity contribution in [2.24, 2.45) is 5.92 Å². The molecule has 0 fully saturated rings. The van der Waals surface area contributed by atoms with E-state index in [0.29, 0.717) is 16.4 Å². The number of carbonyl (C=O) groups excluding carboxylic acids is 4. The zero-order valence-electron chi connectivity index (χ0n) is 20.1. The third-order valence-electron chi connectivity index (χ3n) is 5.35. The van der Waals surface area contributed by atoms with Crippen LogP contribution in [-0.2, 0) is 9.59 Å². The fourth-order valence-corrected chi connectivity index (χ4v) is 5.09. The zero-order chi connectivity index (χ0) is 25.9. The predicted molar refractivity (Wildman–Crippen MR) is 131 cm³/mol. The Balaban J connectivity index is 1.97. The van der Waals surface area contributed by atoms with Crippen LogP contribution < -0.4 is 21.3 Å². The number of thiazole rings is 2. The van der Waals surface area contributed by atoms with E-state index in [1.54, 1.807) is 24.6 Å². The van der Waals surface area contributed by atoms with Gasteiger partial charge in [0.1, 0.15) is 33.5 Å². The van der Waals surface area contributed by atoms with Crippen molar-refractivity contribution in [2.75, 3.05) is 0 Å². The minimum absolute atomic E-state index is 0.0584. The van der Waals surface area contributed by atoms with Crippen LogP contribution >= 0.6 is 22.7 Å². The Hall–Kier alpha value is -2.90. The molecule has 13 heteroatoms. The van der Waals surface area contributed by atoms with E-state index in [1.165, 1.54) is 29.6 Å². The minimum Gasteiger partial charge on any atom is -0.391 e. The van der Waals surface area contributed by atoms with Gasteiger partial charge in [-0.05, 0) is 33.1 Å². The number of carbonyl (C=O) groups is 4. The maximum atomic E-state index is 13.1. The molecule has 11 nitrogen and oxygen atoms in total. The Morgan fingerprint density at radius 1 is 0.829 bits per heavy atom. The number of nitrogens with zero attached hydrogens (tertiary/aromatic N) is 2. The van der Waals surface area contributed by atoms with Crippen LogP contribution in [0, 0.1) is 5.92 Å². The SMILES string of the molecule is CC(C)C[C@@H]1NC(=O)c2csc(n2)[C@@H](C)NC(=O)c2csc(n2)[C@@H](C)NC(=O)[C@H]([C@@H](C)O)NC1=O. The highest BCUT2D eigenvalue weighted by molar-refractivity contribution is 7.10. The summed E-state index contributed by atoms with van der Waals surface area (Å²) in [6, 6.07) is -3.26. The van der Waals surface area contributed by atoms with Crippen molar-refractivity contribution < 1.29 is 24.3 Å². The summed E-state index contributed by atoms with van der Waals surface area (Å²) in [6.45, 7) is 8.64. The van der Waals surface area contributed by atoms with Gasteiger partial charge < -0.3 is 26.4 Å². The predicted octanol–water partition coefficient (Wildman–Crippen LogP) is 1.29. The van der Waals surface area contributed by atoms with Gasteiger partial charge in [-0.2, -0.15) is 0 Å². The number of hydrogen-bond donors (Lipinski definition) is 5. The molecular weight excluding hydrogens is 492 g/mol. The Morgan fingerprint density at radius 3 is 1.86 bits per heavy atom. The lowest BCUT2D eigenvalue weighted by atomic mass is 10.0. The van der Waals surface area contributed by atoms with Crippen LogP contribution in [0.3, 0.4) is 0 Å². The van der Waals surface area contributed by atoms with Gasteiger partial charge in [-0.3, -0.25) is 19.2 Å². The molecule has 0 radical (unpaired) electrons. The minimum atomic E-state index is -1.26. The quantitative estimate of drug-likeness (QED) is 0.406. The molecule has 0 unspecified atom stereocenters. The number of nitrogens with one attached hydrogen (secondary N) is 4. The molecule has 0 aliphatic carbocycles. The van der Waals surface area contributed by atoms with Gasteiger partial charge in [-0.1, -0.05) is 13.8 Å². The molecular formula is C22H30N6O5S2. The first-order valence-corrected chi connectivity index (χ1v) is 13.0. The molecule has 5 N–H and O–H groups in total. The van der Waals surface area contributed by atoms with E-state index in [0.717, 1.165) is 0 Å². The van der Waals surface area contributed by atoms with E-state index in [2.05, 4.69) is 31.2 Å². The van der Waals surface area contributed by atoms with E-state index >= 15 is 0 Å². The van der Waals surface area contributed by atoms with Crippen molar-refractivity contribution in [1.82, 2.24) is 31.2 Å². The van der Waals surface area contributed by atoms with Crippen molar-refractivity contribution in [3.05, 3.63) is 32.2 Å². The normalized spacial score (nSPS) is 25.1. The second-order valence-corrected chi connectivity index (χ2v) is 10.7. The summed E-state index contributed by atoms with van der Waals surface area (Å²) >= 11 is 2.42. The van der Waals surface area contributed by atoms with E-state index in [-0.39, 0.29) is 17.3 Å². The van der Waals surface area contributed by atoms with Gasteiger partial charge in [-0.25, -0.2) is 9.97 Å². The molecule has 1 aliphatic rings. The number of hydrogen-bond acceptors (Lipinski definition) is 9. The summed E-state index contributed by atoms with van der Waals surface area (Å²) in [6.07, 6.45) is -0.889. The topological polar surface area (TPSA) is 162 Å². The Bertz CT molecular complexity index is 1100. The number of aliphatic hydroxyl groups is 1. The molecule has 190 valence electrons. The zero-order valence-corrected chi connectivity index (χ0v) is 21.8. The Labute approximate surface area is 211 Å². The van der Waals surface area contributed by atoms with Gasteiger partial charge >= 0.3 is 0 Å². The molecule has 0 saturated carbocycles. The number of fused-ring (bicyclic) bond motifs is 4. The van der Waals surface area contributed by atoms with Crippen molar-refractivity contribution in [3.8, 4) is 0 Å². The monoisotopic (exact) mass is 522 g/mol. The summed E-state index contributed by atoms with van der Waals surface area (Å²) in [4.78, 5) is 60.2. The average Bonchev–Trinajstić information content (AvgIpc) is 3.45. The fraction of sp³-hybridized carbons (Fsp3) is 0.545. The third kappa shape index (κ3) is 6.61. The van der Waals surface area contributed by atoms with Gasteiger partial charge in [0, 0.05) is 10.8 Å². The van der Waals surface area contributed by atoms with E-state index in [1.807, 2.05) is 13.8 Å². The van der Waals surface area contributed by atoms with Crippen molar-refractivity contribution in [1.29, 1.82) is 0 Å². The molecule has 4 bridgehead atoms. The fourth-order valence-electron chi connectivity index (χ4n) is 3.47. The molecule has 0 spiro atoms. The first-order valence-electron chi connectivity index (χ1n) is 11.3. The van der Waals surface area contributed by atoms with E-state index in [9.17, 15) is 24.3 Å². The molecule has 35 heavy (non-hydrogen) atoms. The largest absolute Gasteiger partial charge is 0.391 e. The van der Waals surface area contributed by atoms with Crippen LogP contribution in [0.1, 0.15) is 84.1 Å². The highest BCUT2D eigenvalue weighted by Gasteiger charge is 2.32. The first kappa shape index (κ1) is 26.7.